The molecule has 1 saturated heterocycles. The summed E-state index contributed by atoms with van der Waals surface area (Å²) in [5.74, 6) is 0.921. The Kier molecular flexibility index (Phi) is 3.41. The molecule has 0 aromatic carbocycles. The lowest BCUT2D eigenvalue weighted by atomic mass is 9.89. The molecule has 0 spiro atoms. The number of pyridine rings is 1. The monoisotopic (exact) mass is 288 g/mol. The molecular weight excluding hydrogens is 268 g/mol. The van der Waals surface area contributed by atoms with Gasteiger partial charge in [-0.05, 0) is 44.2 Å². The van der Waals surface area contributed by atoms with Crippen LogP contribution in [0, 0.1) is 0 Å². The van der Waals surface area contributed by atoms with Crippen molar-refractivity contribution in [2.45, 2.75) is 38.2 Å². The highest BCUT2D eigenvalue weighted by Gasteiger charge is 2.25. The molecule has 1 fully saturated rings. The summed E-state index contributed by atoms with van der Waals surface area (Å²) in [5.41, 5.74) is 1.70. The number of fused-ring (bicyclic) bond motifs is 1. The van der Waals surface area contributed by atoms with Gasteiger partial charge in [-0.1, -0.05) is 0 Å². The Bertz CT molecular complexity index is 651. The van der Waals surface area contributed by atoms with Gasteiger partial charge in [-0.15, -0.1) is 0 Å². The van der Waals surface area contributed by atoms with E-state index in [4.69, 9.17) is 0 Å². The molecule has 21 heavy (non-hydrogen) atoms. The summed E-state index contributed by atoms with van der Waals surface area (Å²) in [7, 11) is 0. The lowest BCUT2D eigenvalue weighted by Gasteiger charge is -2.29. The van der Waals surface area contributed by atoms with E-state index in [1.165, 1.54) is 5.56 Å². The number of aromatic amines is 1. The van der Waals surface area contributed by atoms with Crippen molar-refractivity contribution >= 4 is 17.6 Å². The minimum atomic E-state index is -1.02. The van der Waals surface area contributed by atoms with Crippen LogP contribution in [-0.2, 0) is 10.4 Å². The third kappa shape index (κ3) is 2.63. The largest absolute Gasteiger partial charge is 0.383 e. The molecule has 6 heteroatoms. The highest BCUT2D eigenvalue weighted by atomic mass is 16.3. The first-order valence-electron chi connectivity index (χ1n) is 7.26. The van der Waals surface area contributed by atoms with Crippen LogP contribution in [0.1, 0.15) is 44.0 Å². The summed E-state index contributed by atoms with van der Waals surface area (Å²) in [6.45, 7) is 4.97. The van der Waals surface area contributed by atoms with Gasteiger partial charge < -0.3 is 15.0 Å². The Morgan fingerprint density at radius 2 is 2.14 bits per heavy atom. The van der Waals surface area contributed by atoms with E-state index in [-0.39, 0.29) is 0 Å². The lowest BCUT2D eigenvalue weighted by Crippen LogP contribution is -2.31. The number of aromatic nitrogens is 3. The fourth-order valence-electron chi connectivity index (χ4n) is 2.88. The summed E-state index contributed by atoms with van der Waals surface area (Å²) >= 11 is 0. The van der Waals surface area contributed by atoms with E-state index in [0.717, 1.165) is 37.9 Å². The van der Waals surface area contributed by atoms with Gasteiger partial charge in [0, 0.05) is 19.3 Å². The highest BCUT2D eigenvalue weighted by molar-refractivity contribution is 5.75. The highest BCUT2D eigenvalue weighted by Crippen LogP contribution is 2.32. The molecule has 3 heterocycles. The molecule has 0 bridgehead atoms. The summed E-state index contributed by atoms with van der Waals surface area (Å²) in [6, 6.07) is 2.01. The Morgan fingerprint density at radius 3 is 2.76 bits per heavy atom. The normalized spacial score (nSPS) is 17.4. The molecule has 2 N–H and O–H groups in total. The second-order valence-electron chi connectivity index (χ2n) is 6.16. The molecule has 1 aliphatic heterocycles. The average molecular weight is 288 g/mol. The maximum Gasteiger partial charge on any atom is 0.209 e. The van der Waals surface area contributed by atoms with Gasteiger partial charge in [0.05, 0.1) is 5.52 Å². The molecule has 0 unspecified atom stereocenters. The van der Waals surface area contributed by atoms with Crippen LogP contribution in [0.4, 0.5) is 0 Å². The average Bonchev–Trinajstić information content (AvgIpc) is 2.91. The van der Waals surface area contributed by atoms with E-state index < -0.39 is 5.60 Å². The Hall–Kier alpha value is -1.95. The molecule has 0 radical (unpaired) electrons. The first-order chi connectivity index (χ1) is 9.99. The number of imidazole rings is 1. The van der Waals surface area contributed by atoms with Crippen molar-refractivity contribution in [3.8, 4) is 0 Å². The third-order valence-electron chi connectivity index (χ3n) is 4.12. The van der Waals surface area contributed by atoms with Gasteiger partial charge in [0.2, 0.25) is 6.41 Å². The Morgan fingerprint density at radius 1 is 1.43 bits per heavy atom. The minimum Gasteiger partial charge on any atom is -0.383 e. The van der Waals surface area contributed by atoms with Gasteiger partial charge in [0.15, 0.2) is 5.65 Å². The number of hydrogen-bond acceptors (Lipinski definition) is 4. The van der Waals surface area contributed by atoms with Gasteiger partial charge in [0.25, 0.3) is 0 Å². The smallest absolute Gasteiger partial charge is 0.209 e. The van der Waals surface area contributed by atoms with E-state index in [1.54, 1.807) is 20.0 Å². The number of amides is 1. The number of piperidine rings is 1. The molecule has 1 amide bonds. The molecule has 0 aliphatic carbocycles. The van der Waals surface area contributed by atoms with Crippen molar-refractivity contribution in [2.24, 2.45) is 0 Å². The van der Waals surface area contributed by atoms with Gasteiger partial charge in [0.1, 0.15) is 11.4 Å². The number of hydrogen-bond donors (Lipinski definition) is 2. The van der Waals surface area contributed by atoms with Gasteiger partial charge in [-0.25, -0.2) is 9.97 Å². The molecule has 112 valence electrons. The minimum absolute atomic E-state index is 0.391. The maximum atomic E-state index is 10.8. The Labute approximate surface area is 123 Å². The van der Waals surface area contributed by atoms with E-state index in [9.17, 15) is 9.90 Å². The van der Waals surface area contributed by atoms with Gasteiger partial charge in [-0.2, -0.15) is 0 Å². The predicted molar refractivity (Wildman–Crippen MR) is 78.7 cm³/mol. The summed E-state index contributed by atoms with van der Waals surface area (Å²) in [6.07, 6.45) is 4.56. The number of nitrogens with one attached hydrogen (secondary N) is 1. The van der Waals surface area contributed by atoms with E-state index in [1.807, 2.05) is 11.0 Å². The molecule has 0 atom stereocenters. The SMILES string of the molecule is CC(C)(O)c1nc2nccc(C3CCN(C=O)CC3)c2[nH]1. The Balaban J connectivity index is 1.96. The third-order valence-corrected chi connectivity index (χ3v) is 4.12. The molecule has 2 aromatic rings. The van der Waals surface area contributed by atoms with E-state index in [2.05, 4.69) is 15.0 Å². The van der Waals surface area contributed by atoms with Crippen LogP contribution in [0.3, 0.4) is 0 Å². The van der Waals surface area contributed by atoms with Crippen molar-refractivity contribution in [3.63, 3.8) is 0 Å². The zero-order valence-corrected chi connectivity index (χ0v) is 12.3. The summed E-state index contributed by atoms with van der Waals surface area (Å²) < 4.78 is 0. The van der Waals surface area contributed by atoms with Crippen LogP contribution in [0.15, 0.2) is 12.3 Å². The molecule has 6 nitrogen and oxygen atoms in total. The van der Waals surface area contributed by atoms with Crippen LogP contribution < -0.4 is 0 Å². The second kappa shape index (κ2) is 5.11. The number of aliphatic hydroxyl groups is 1. The maximum absolute atomic E-state index is 10.8. The molecule has 3 rings (SSSR count). The van der Waals surface area contributed by atoms with Crippen LogP contribution in [-0.4, -0.2) is 44.5 Å². The van der Waals surface area contributed by atoms with Crippen molar-refractivity contribution in [1.29, 1.82) is 0 Å². The van der Waals surface area contributed by atoms with Crippen LogP contribution in [0.2, 0.25) is 0 Å². The second-order valence-corrected chi connectivity index (χ2v) is 6.16. The standard InChI is InChI=1S/C15H20N4O2/c1-15(2,21)14-17-12-11(3-6-16-13(12)18-14)10-4-7-19(9-20)8-5-10/h3,6,9-10,21H,4-5,7-8H2,1-2H3,(H,16,17,18). The molecule has 0 saturated carbocycles. The van der Waals surface area contributed by atoms with Gasteiger partial charge in [-0.3, -0.25) is 4.79 Å². The lowest BCUT2D eigenvalue weighted by molar-refractivity contribution is -0.119. The van der Waals surface area contributed by atoms with E-state index >= 15 is 0 Å². The van der Waals surface area contributed by atoms with Crippen LogP contribution in [0.5, 0.6) is 0 Å². The quantitative estimate of drug-likeness (QED) is 0.839. The summed E-state index contributed by atoms with van der Waals surface area (Å²) in [4.78, 5) is 24.5. The first kappa shape index (κ1) is 14.0. The predicted octanol–water partition coefficient (Wildman–Crippen LogP) is 1.52. The number of likely N-dealkylation sites (tertiary alicyclic amines) is 1. The number of carbonyl (C=O) groups excluding carboxylic acids is 1. The van der Waals surface area contributed by atoms with Crippen molar-refractivity contribution < 1.29 is 9.90 Å². The van der Waals surface area contributed by atoms with Crippen molar-refractivity contribution in [2.75, 3.05) is 13.1 Å². The number of carbonyl (C=O) groups is 1. The number of nitrogens with zero attached hydrogens (tertiary/aromatic N) is 3. The van der Waals surface area contributed by atoms with Gasteiger partial charge >= 0.3 is 0 Å². The topological polar surface area (TPSA) is 82.1 Å². The molecule has 2 aromatic heterocycles. The first-order valence-corrected chi connectivity index (χ1v) is 7.26. The van der Waals surface area contributed by atoms with Crippen molar-refractivity contribution in [3.05, 3.63) is 23.7 Å². The fraction of sp³-hybridized carbons (Fsp3) is 0.533. The number of H-pyrrole nitrogens is 1. The zero-order chi connectivity index (χ0) is 15.0. The number of rotatable bonds is 3. The zero-order valence-electron chi connectivity index (χ0n) is 12.3. The van der Waals surface area contributed by atoms with Crippen molar-refractivity contribution in [1.82, 2.24) is 19.9 Å². The van der Waals surface area contributed by atoms with Crippen LogP contribution >= 0.6 is 0 Å². The van der Waals surface area contributed by atoms with E-state index in [0.29, 0.717) is 17.4 Å². The fourth-order valence-corrected chi connectivity index (χ4v) is 2.88. The summed E-state index contributed by atoms with van der Waals surface area (Å²) in [5, 5.41) is 10.1. The molecular formula is C15H20N4O2. The van der Waals surface area contributed by atoms with Crippen LogP contribution in [0.25, 0.3) is 11.2 Å². The molecule has 1 aliphatic rings.